The number of carboxylic acid groups (broad SMARTS) is 1. The molecule has 7 nitrogen and oxygen atoms in total. The molecule has 22 heavy (non-hydrogen) atoms. The van der Waals surface area contributed by atoms with Gasteiger partial charge in [0, 0.05) is 17.0 Å². The number of esters is 1. The van der Waals surface area contributed by atoms with Gasteiger partial charge in [-0.2, -0.15) is 0 Å². The van der Waals surface area contributed by atoms with E-state index in [0.29, 0.717) is 16.9 Å². The first-order valence-corrected chi connectivity index (χ1v) is 8.04. The Kier molecular flexibility index (Phi) is 5.36. The lowest BCUT2D eigenvalue weighted by Gasteiger charge is -2.42. The van der Waals surface area contributed by atoms with Crippen LogP contribution in [0.4, 0.5) is 5.13 Å². The van der Waals surface area contributed by atoms with Gasteiger partial charge < -0.3 is 15.2 Å². The van der Waals surface area contributed by atoms with Crippen LogP contribution in [0.25, 0.3) is 0 Å². The average Bonchev–Trinajstić information content (AvgIpc) is 2.80. The molecule has 122 valence electrons. The van der Waals surface area contributed by atoms with E-state index in [1.807, 2.05) is 18.7 Å². The fourth-order valence-electron chi connectivity index (χ4n) is 2.60. The van der Waals surface area contributed by atoms with Gasteiger partial charge in [0.05, 0.1) is 13.7 Å². The molecule has 1 aromatic rings. The number of likely N-dealkylation sites (N-methyl/N-ethyl adjacent to an activating group) is 1. The molecule has 0 saturated heterocycles. The summed E-state index contributed by atoms with van der Waals surface area (Å²) in [4.78, 5) is 29.4. The maximum atomic E-state index is 11.5. The number of nitrogens with zero attached hydrogens (tertiary/aromatic N) is 2. The number of aliphatic carboxylic acids is 1. The molecule has 2 rings (SSSR count). The number of aromatic nitrogens is 1. The Morgan fingerprint density at radius 1 is 1.50 bits per heavy atom. The number of hydrogen-bond acceptors (Lipinski definition) is 7. The second-order valence-electron chi connectivity index (χ2n) is 5.34. The molecule has 0 amide bonds. The Bertz CT molecular complexity index is 554. The first-order chi connectivity index (χ1) is 10.4. The standard InChI is InChI=1S/C14H21N3O4S/c1-4-17(7-11(18)19)10-5-9(6-10)15-14-16-12(8(2)22-14)13(20)21-3/h9-10H,4-7H2,1-3H3,(H,15,16)(H,18,19). The van der Waals surface area contributed by atoms with E-state index >= 15 is 0 Å². The van der Waals surface area contributed by atoms with E-state index in [-0.39, 0.29) is 12.6 Å². The zero-order valence-electron chi connectivity index (χ0n) is 13.0. The predicted molar refractivity (Wildman–Crippen MR) is 83.5 cm³/mol. The van der Waals surface area contributed by atoms with Crippen molar-refractivity contribution in [3.8, 4) is 0 Å². The fourth-order valence-corrected chi connectivity index (χ4v) is 3.47. The molecule has 1 aliphatic carbocycles. The van der Waals surface area contributed by atoms with Crippen molar-refractivity contribution < 1.29 is 19.4 Å². The quantitative estimate of drug-likeness (QED) is 0.735. The lowest BCUT2D eigenvalue weighted by Crippen LogP contribution is -2.51. The predicted octanol–water partition coefficient (Wildman–Crippen LogP) is 1.59. The van der Waals surface area contributed by atoms with Crippen molar-refractivity contribution in [2.45, 2.75) is 38.8 Å². The molecule has 8 heteroatoms. The topological polar surface area (TPSA) is 91.8 Å². The number of ether oxygens (including phenoxy) is 1. The molecule has 1 aromatic heterocycles. The number of carboxylic acids is 1. The minimum Gasteiger partial charge on any atom is -0.480 e. The maximum Gasteiger partial charge on any atom is 0.357 e. The van der Waals surface area contributed by atoms with Crippen molar-refractivity contribution in [3.63, 3.8) is 0 Å². The summed E-state index contributed by atoms with van der Waals surface area (Å²) in [5.41, 5.74) is 0.354. The number of carbonyl (C=O) groups excluding carboxylic acids is 1. The van der Waals surface area contributed by atoms with Crippen LogP contribution in [-0.2, 0) is 9.53 Å². The Balaban J connectivity index is 1.87. The van der Waals surface area contributed by atoms with Crippen molar-refractivity contribution in [2.24, 2.45) is 0 Å². The molecule has 0 radical (unpaired) electrons. The van der Waals surface area contributed by atoms with Gasteiger partial charge in [-0.05, 0) is 26.3 Å². The summed E-state index contributed by atoms with van der Waals surface area (Å²) >= 11 is 1.43. The van der Waals surface area contributed by atoms with Gasteiger partial charge in [-0.3, -0.25) is 9.69 Å². The highest BCUT2D eigenvalue weighted by Gasteiger charge is 2.34. The summed E-state index contributed by atoms with van der Waals surface area (Å²) in [6, 6.07) is 0.559. The van der Waals surface area contributed by atoms with Gasteiger partial charge in [-0.25, -0.2) is 9.78 Å². The Hall–Kier alpha value is -1.67. The summed E-state index contributed by atoms with van der Waals surface area (Å²) < 4.78 is 4.69. The van der Waals surface area contributed by atoms with Gasteiger partial charge in [0.2, 0.25) is 0 Å². The molecule has 1 saturated carbocycles. The lowest BCUT2D eigenvalue weighted by atomic mass is 9.85. The van der Waals surface area contributed by atoms with Gasteiger partial charge >= 0.3 is 11.9 Å². The van der Waals surface area contributed by atoms with Gasteiger partial charge in [0.25, 0.3) is 0 Å². The van der Waals surface area contributed by atoms with Crippen LogP contribution in [0.1, 0.15) is 35.1 Å². The molecule has 2 N–H and O–H groups in total. The fraction of sp³-hybridized carbons (Fsp3) is 0.643. The average molecular weight is 327 g/mol. The van der Waals surface area contributed by atoms with Crippen LogP contribution in [0.3, 0.4) is 0 Å². The van der Waals surface area contributed by atoms with Crippen molar-refractivity contribution in [1.29, 1.82) is 0 Å². The normalized spacial score (nSPS) is 20.5. The van der Waals surface area contributed by atoms with E-state index in [1.165, 1.54) is 18.4 Å². The minimum atomic E-state index is -0.795. The van der Waals surface area contributed by atoms with E-state index in [9.17, 15) is 9.59 Å². The minimum absolute atomic E-state index is 0.0801. The van der Waals surface area contributed by atoms with Gasteiger partial charge in [0.1, 0.15) is 0 Å². The number of anilines is 1. The Morgan fingerprint density at radius 3 is 2.73 bits per heavy atom. The number of nitrogens with one attached hydrogen (secondary N) is 1. The van der Waals surface area contributed by atoms with Crippen LogP contribution in [0.15, 0.2) is 0 Å². The van der Waals surface area contributed by atoms with E-state index in [1.54, 1.807) is 0 Å². The van der Waals surface area contributed by atoms with Crippen LogP contribution >= 0.6 is 11.3 Å². The molecular formula is C14H21N3O4S. The molecule has 1 aliphatic rings. The largest absolute Gasteiger partial charge is 0.480 e. The summed E-state index contributed by atoms with van der Waals surface area (Å²) in [6.45, 7) is 4.62. The number of rotatable bonds is 7. The van der Waals surface area contributed by atoms with E-state index < -0.39 is 11.9 Å². The van der Waals surface area contributed by atoms with E-state index in [4.69, 9.17) is 9.84 Å². The van der Waals surface area contributed by atoms with E-state index in [2.05, 4.69) is 10.3 Å². The molecule has 1 fully saturated rings. The van der Waals surface area contributed by atoms with Gasteiger partial charge in [-0.1, -0.05) is 6.92 Å². The van der Waals surface area contributed by atoms with E-state index in [0.717, 1.165) is 24.3 Å². The highest BCUT2D eigenvalue weighted by atomic mass is 32.1. The molecule has 0 atom stereocenters. The summed E-state index contributed by atoms with van der Waals surface area (Å²) in [7, 11) is 1.34. The molecule has 1 heterocycles. The molecule has 0 aromatic carbocycles. The molecular weight excluding hydrogens is 306 g/mol. The first kappa shape index (κ1) is 16.7. The van der Waals surface area contributed by atoms with Gasteiger partial charge in [0.15, 0.2) is 10.8 Å². The van der Waals surface area contributed by atoms with Crippen LogP contribution < -0.4 is 5.32 Å². The Labute approximate surface area is 133 Å². The third-order valence-corrected chi connectivity index (χ3v) is 4.78. The van der Waals surface area contributed by atoms with Crippen LogP contribution in [-0.4, -0.2) is 59.2 Å². The number of carbonyl (C=O) groups is 2. The highest BCUT2D eigenvalue weighted by Crippen LogP contribution is 2.31. The van der Waals surface area contributed by atoms with Crippen molar-refractivity contribution >= 4 is 28.4 Å². The Morgan fingerprint density at radius 2 is 2.18 bits per heavy atom. The lowest BCUT2D eigenvalue weighted by molar-refractivity contribution is -0.139. The number of thiazole rings is 1. The number of aryl methyl sites for hydroxylation is 1. The molecule has 0 unspecified atom stereocenters. The summed E-state index contributed by atoms with van der Waals surface area (Å²) in [5, 5.41) is 12.9. The van der Waals surface area contributed by atoms with Crippen molar-refractivity contribution in [1.82, 2.24) is 9.88 Å². The number of hydrogen-bond donors (Lipinski definition) is 2. The summed E-state index contributed by atoms with van der Waals surface area (Å²) in [5.74, 6) is -1.22. The third kappa shape index (κ3) is 3.75. The zero-order valence-corrected chi connectivity index (χ0v) is 13.8. The molecule has 0 aliphatic heterocycles. The van der Waals surface area contributed by atoms with Crippen LogP contribution in [0, 0.1) is 6.92 Å². The summed E-state index contributed by atoms with van der Waals surface area (Å²) in [6.07, 6.45) is 1.76. The molecule has 0 spiro atoms. The second kappa shape index (κ2) is 7.06. The first-order valence-electron chi connectivity index (χ1n) is 7.22. The van der Waals surface area contributed by atoms with Crippen molar-refractivity contribution in [2.75, 3.05) is 25.5 Å². The number of methoxy groups -OCH3 is 1. The smallest absolute Gasteiger partial charge is 0.357 e. The SMILES string of the molecule is CCN(CC(=O)O)C1CC(Nc2nc(C(=O)OC)c(C)s2)C1. The zero-order chi connectivity index (χ0) is 16.3. The van der Waals surface area contributed by atoms with Crippen molar-refractivity contribution in [3.05, 3.63) is 10.6 Å². The molecule has 0 bridgehead atoms. The van der Waals surface area contributed by atoms with Gasteiger partial charge in [-0.15, -0.1) is 11.3 Å². The highest BCUT2D eigenvalue weighted by molar-refractivity contribution is 7.15. The third-order valence-electron chi connectivity index (χ3n) is 3.88. The monoisotopic (exact) mass is 327 g/mol. The van der Waals surface area contributed by atoms with Crippen LogP contribution in [0.2, 0.25) is 0 Å². The maximum absolute atomic E-state index is 11.5. The van der Waals surface area contributed by atoms with Crippen LogP contribution in [0.5, 0.6) is 0 Å². The second-order valence-corrected chi connectivity index (χ2v) is 6.54.